The summed E-state index contributed by atoms with van der Waals surface area (Å²) in [6.45, 7) is 2.65. The molecule has 0 saturated heterocycles. The molecular weight excluding hydrogens is 216 g/mol. The van der Waals surface area contributed by atoms with Gasteiger partial charge in [0.1, 0.15) is 11.5 Å². The normalized spacial score (nSPS) is 9.59. The smallest absolute Gasteiger partial charge is 0.179 e. The van der Waals surface area contributed by atoms with Gasteiger partial charge in [0.15, 0.2) is 6.19 Å². The lowest BCUT2D eigenvalue weighted by Crippen LogP contribution is -2.15. The van der Waals surface area contributed by atoms with E-state index in [-0.39, 0.29) is 0 Å². The summed E-state index contributed by atoms with van der Waals surface area (Å²) in [6, 6.07) is 3.91. The SMILES string of the molecule is COc1ccc(CCN(C)C#N)c(OC)c1C. The summed E-state index contributed by atoms with van der Waals surface area (Å²) in [5.41, 5.74) is 2.08. The first kappa shape index (κ1) is 13.2. The predicted molar refractivity (Wildman–Crippen MR) is 66.2 cm³/mol. The fourth-order valence-electron chi connectivity index (χ4n) is 1.77. The zero-order valence-electron chi connectivity index (χ0n) is 10.8. The molecule has 0 aliphatic rings. The number of benzene rings is 1. The molecule has 0 aromatic heterocycles. The Hall–Kier alpha value is -1.89. The highest BCUT2D eigenvalue weighted by Crippen LogP contribution is 2.31. The third kappa shape index (κ3) is 3.04. The van der Waals surface area contributed by atoms with Crippen molar-refractivity contribution < 1.29 is 9.47 Å². The maximum absolute atomic E-state index is 8.70. The quantitative estimate of drug-likeness (QED) is 0.577. The van der Waals surface area contributed by atoms with Crippen LogP contribution in [0.1, 0.15) is 11.1 Å². The summed E-state index contributed by atoms with van der Waals surface area (Å²) in [6.07, 6.45) is 2.85. The van der Waals surface area contributed by atoms with Crippen molar-refractivity contribution in [3.63, 3.8) is 0 Å². The second kappa shape index (κ2) is 6.00. The number of hydrogen-bond donors (Lipinski definition) is 0. The molecule has 17 heavy (non-hydrogen) atoms. The summed E-state index contributed by atoms with van der Waals surface area (Å²) < 4.78 is 10.6. The van der Waals surface area contributed by atoms with E-state index in [2.05, 4.69) is 6.19 Å². The molecular formula is C13H18N2O2. The average molecular weight is 234 g/mol. The molecule has 4 nitrogen and oxygen atoms in total. The Kier molecular flexibility index (Phi) is 4.65. The maximum atomic E-state index is 8.70. The molecule has 0 aliphatic heterocycles. The van der Waals surface area contributed by atoms with Gasteiger partial charge in [-0.05, 0) is 25.0 Å². The van der Waals surface area contributed by atoms with E-state index in [0.29, 0.717) is 6.54 Å². The van der Waals surface area contributed by atoms with Crippen LogP contribution in [-0.2, 0) is 6.42 Å². The van der Waals surface area contributed by atoms with Crippen molar-refractivity contribution in [3.05, 3.63) is 23.3 Å². The van der Waals surface area contributed by atoms with Gasteiger partial charge in [-0.1, -0.05) is 6.07 Å². The number of ether oxygens (including phenoxy) is 2. The Morgan fingerprint density at radius 2 is 2.00 bits per heavy atom. The second-order valence-corrected chi connectivity index (χ2v) is 3.86. The largest absolute Gasteiger partial charge is 0.496 e. The molecule has 0 bridgehead atoms. The lowest BCUT2D eigenvalue weighted by atomic mass is 10.1. The van der Waals surface area contributed by atoms with E-state index in [1.54, 1.807) is 26.2 Å². The molecule has 0 radical (unpaired) electrons. The molecule has 0 aliphatic carbocycles. The van der Waals surface area contributed by atoms with Gasteiger partial charge in [-0.15, -0.1) is 0 Å². The third-order valence-electron chi connectivity index (χ3n) is 2.75. The van der Waals surface area contributed by atoms with Gasteiger partial charge in [0.2, 0.25) is 0 Å². The van der Waals surface area contributed by atoms with Crippen LogP contribution in [-0.4, -0.2) is 32.7 Å². The van der Waals surface area contributed by atoms with Gasteiger partial charge < -0.3 is 14.4 Å². The minimum atomic E-state index is 0.679. The molecule has 4 heteroatoms. The highest BCUT2D eigenvalue weighted by atomic mass is 16.5. The number of methoxy groups -OCH3 is 2. The molecule has 0 unspecified atom stereocenters. The van der Waals surface area contributed by atoms with Crippen LogP contribution in [0.15, 0.2) is 12.1 Å². The van der Waals surface area contributed by atoms with Crippen LogP contribution in [0.25, 0.3) is 0 Å². The zero-order chi connectivity index (χ0) is 12.8. The standard InChI is InChI=1S/C13H18N2O2/c1-10-12(16-3)6-5-11(13(10)17-4)7-8-15(2)9-14/h5-6H,7-8H2,1-4H3. The zero-order valence-corrected chi connectivity index (χ0v) is 10.8. The number of hydrogen-bond acceptors (Lipinski definition) is 4. The summed E-state index contributed by atoms with van der Waals surface area (Å²) in [7, 11) is 5.06. The molecule has 0 saturated carbocycles. The molecule has 0 heterocycles. The van der Waals surface area contributed by atoms with Gasteiger partial charge >= 0.3 is 0 Å². The number of likely N-dealkylation sites (N-methyl/N-ethyl adjacent to an activating group) is 1. The van der Waals surface area contributed by atoms with Crippen molar-refractivity contribution in [2.24, 2.45) is 0 Å². The van der Waals surface area contributed by atoms with E-state index in [4.69, 9.17) is 14.7 Å². The van der Waals surface area contributed by atoms with Crippen LogP contribution in [0.3, 0.4) is 0 Å². The lowest BCUT2D eigenvalue weighted by molar-refractivity contribution is 0.383. The molecule has 0 fully saturated rings. The van der Waals surface area contributed by atoms with E-state index < -0.39 is 0 Å². The number of nitrogens with zero attached hydrogens (tertiary/aromatic N) is 2. The van der Waals surface area contributed by atoms with Crippen LogP contribution in [0, 0.1) is 18.4 Å². The first-order valence-corrected chi connectivity index (χ1v) is 5.45. The van der Waals surface area contributed by atoms with Gasteiger partial charge in [-0.2, -0.15) is 5.26 Å². The van der Waals surface area contributed by atoms with Crippen LogP contribution in [0.5, 0.6) is 11.5 Å². The molecule has 1 aromatic rings. The molecule has 92 valence electrons. The van der Waals surface area contributed by atoms with Gasteiger partial charge in [-0.25, -0.2) is 0 Å². The third-order valence-corrected chi connectivity index (χ3v) is 2.75. The summed E-state index contributed by atoms with van der Waals surface area (Å²) in [5.74, 6) is 1.66. The second-order valence-electron chi connectivity index (χ2n) is 3.86. The van der Waals surface area contributed by atoms with Crippen molar-refractivity contribution in [1.29, 1.82) is 5.26 Å². The molecule has 0 atom stereocenters. The first-order valence-electron chi connectivity index (χ1n) is 5.45. The lowest BCUT2D eigenvalue weighted by Gasteiger charge is -2.15. The molecule has 0 N–H and O–H groups in total. The van der Waals surface area contributed by atoms with Crippen molar-refractivity contribution in [3.8, 4) is 17.7 Å². The summed E-state index contributed by atoms with van der Waals surface area (Å²) in [4.78, 5) is 1.60. The monoisotopic (exact) mass is 234 g/mol. The summed E-state index contributed by atoms with van der Waals surface area (Å²) >= 11 is 0. The van der Waals surface area contributed by atoms with Gasteiger partial charge in [0.05, 0.1) is 14.2 Å². The van der Waals surface area contributed by atoms with Crippen LogP contribution >= 0.6 is 0 Å². The summed E-state index contributed by atoms with van der Waals surface area (Å²) in [5, 5.41) is 8.70. The van der Waals surface area contributed by atoms with E-state index >= 15 is 0 Å². The van der Waals surface area contributed by atoms with Gasteiger partial charge in [0.25, 0.3) is 0 Å². The maximum Gasteiger partial charge on any atom is 0.179 e. The van der Waals surface area contributed by atoms with Crippen LogP contribution in [0.4, 0.5) is 0 Å². The Balaban J connectivity index is 2.93. The van der Waals surface area contributed by atoms with Gasteiger partial charge in [0, 0.05) is 19.2 Å². The fraction of sp³-hybridized carbons (Fsp3) is 0.462. The van der Waals surface area contributed by atoms with E-state index in [1.165, 1.54) is 0 Å². The minimum Gasteiger partial charge on any atom is -0.496 e. The van der Waals surface area contributed by atoms with Crippen molar-refractivity contribution in [2.45, 2.75) is 13.3 Å². The molecule has 0 amide bonds. The number of nitriles is 1. The average Bonchev–Trinajstić information content (AvgIpc) is 2.35. The molecule has 1 rings (SSSR count). The van der Waals surface area contributed by atoms with E-state index in [1.807, 2.05) is 19.1 Å². The van der Waals surface area contributed by atoms with Crippen LogP contribution in [0.2, 0.25) is 0 Å². The Morgan fingerprint density at radius 3 is 2.53 bits per heavy atom. The minimum absolute atomic E-state index is 0.679. The van der Waals surface area contributed by atoms with Crippen molar-refractivity contribution in [2.75, 3.05) is 27.8 Å². The highest BCUT2D eigenvalue weighted by molar-refractivity contribution is 5.49. The van der Waals surface area contributed by atoms with E-state index in [0.717, 1.165) is 29.0 Å². The Morgan fingerprint density at radius 1 is 1.29 bits per heavy atom. The predicted octanol–water partition coefficient (Wildman–Crippen LogP) is 1.97. The number of rotatable bonds is 5. The topological polar surface area (TPSA) is 45.5 Å². The van der Waals surface area contributed by atoms with Gasteiger partial charge in [-0.3, -0.25) is 0 Å². The Labute approximate surface area is 102 Å². The highest BCUT2D eigenvalue weighted by Gasteiger charge is 2.11. The Bertz CT molecular complexity index is 424. The fourth-order valence-corrected chi connectivity index (χ4v) is 1.77. The van der Waals surface area contributed by atoms with E-state index in [9.17, 15) is 0 Å². The van der Waals surface area contributed by atoms with Crippen LogP contribution < -0.4 is 9.47 Å². The van der Waals surface area contributed by atoms with Crippen molar-refractivity contribution >= 4 is 0 Å². The molecule has 1 aromatic carbocycles. The first-order chi connectivity index (χ1) is 8.13. The van der Waals surface area contributed by atoms with Crippen molar-refractivity contribution in [1.82, 2.24) is 4.90 Å². The molecule has 0 spiro atoms.